The molecule has 0 heterocycles. The lowest BCUT2D eigenvalue weighted by Gasteiger charge is -2.37. The van der Waals surface area contributed by atoms with Crippen LogP contribution in [0.3, 0.4) is 0 Å². The summed E-state index contributed by atoms with van der Waals surface area (Å²) in [4.78, 5) is 11.7. The number of methoxy groups -OCH3 is 1. The molecular formula is C15H23NO2. The standard InChI is InChI=1S/C15H23NO2/c1-4-13(16)15(5-2,11-14(17)18-3)12-9-7-6-8-10-12/h6-10,13H,4-5,11,16H2,1-3H3. The van der Waals surface area contributed by atoms with E-state index in [4.69, 9.17) is 10.5 Å². The van der Waals surface area contributed by atoms with E-state index >= 15 is 0 Å². The van der Waals surface area contributed by atoms with Crippen LogP contribution in [0, 0.1) is 0 Å². The minimum absolute atomic E-state index is 0.0519. The van der Waals surface area contributed by atoms with Crippen molar-refractivity contribution in [3.8, 4) is 0 Å². The first-order chi connectivity index (χ1) is 8.60. The molecule has 0 radical (unpaired) electrons. The lowest BCUT2D eigenvalue weighted by atomic mass is 9.69. The molecule has 0 saturated carbocycles. The highest BCUT2D eigenvalue weighted by molar-refractivity contribution is 5.71. The van der Waals surface area contributed by atoms with Gasteiger partial charge in [0.05, 0.1) is 13.5 Å². The Labute approximate surface area is 109 Å². The number of carbonyl (C=O) groups is 1. The zero-order chi connectivity index (χ0) is 13.6. The monoisotopic (exact) mass is 249 g/mol. The van der Waals surface area contributed by atoms with Crippen LogP contribution in [-0.2, 0) is 14.9 Å². The van der Waals surface area contributed by atoms with Gasteiger partial charge in [-0.15, -0.1) is 0 Å². The highest BCUT2D eigenvalue weighted by Crippen LogP contribution is 2.36. The molecule has 0 amide bonds. The van der Waals surface area contributed by atoms with E-state index in [1.165, 1.54) is 7.11 Å². The molecule has 3 nitrogen and oxygen atoms in total. The summed E-state index contributed by atoms with van der Waals surface area (Å²) in [6.07, 6.45) is 1.99. The molecule has 0 spiro atoms. The smallest absolute Gasteiger partial charge is 0.306 e. The fraction of sp³-hybridized carbons (Fsp3) is 0.533. The first-order valence-corrected chi connectivity index (χ1v) is 6.48. The van der Waals surface area contributed by atoms with Gasteiger partial charge in [-0.3, -0.25) is 4.79 Å². The number of ether oxygens (including phenoxy) is 1. The Hall–Kier alpha value is -1.35. The summed E-state index contributed by atoms with van der Waals surface area (Å²) in [5.41, 5.74) is 7.08. The van der Waals surface area contributed by atoms with Crippen LogP contribution in [-0.4, -0.2) is 19.1 Å². The van der Waals surface area contributed by atoms with Crippen molar-refractivity contribution in [3.05, 3.63) is 35.9 Å². The van der Waals surface area contributed by atoms with Crippen molar-refractivity contribution in [3.63, 3.8) is 0 Å². The van der Waals surface area contributed by atoms with Gasteiger partial charge in [-0.05, 0) is 18.4 Å². The SMILES string of the molecule is CCC(N)C(CC)(CC(=O)OC)c1ccccc1. The molecule has 0 aliphatic rings. The maximum Gasteiger partial charge on any atom is 0.306 e. The van der Waals surface area contributed by atoms with Gasteiger partial charge in [0, 0.05) is 11.5 Å². The average molecular weight is 249 g/mol. The summed E-state index contributed by atoms with van der Waals surface area (Å²) in [5, 5.41) is 0. The number of nitrogens with two attached hydrogens (primary N) is 1. The zero-order valence-corrected chi connectivity index (χ0v) is 11.5. The van der Waals surface area contributed by atoms with Gasteiger partial charge in [0.1, 0.15) is 0 Å². The maximum atomic E-state index is 11.7. The number of benzene rings is 1. The molecule has 0 bridgehead atoms. The number of esters is 1. The summed E-state index contributed by atoms with van der Waals surface area (Å²) in [5.74, 6) is -0.204. The van der Waals surface area contributed by atoms with Crippen LogP contribution in [0.25, 0.3) is 0 Å². The molecule has 18 heavy (non-hydrogen) atoms. The summed E-state index contributed by atoms with van der Waals surface area (Å²) < 4.78 is 4.83. The minimum Gasteiger partial charge on any atom is -0.469 e. The van der Waals surface area contributed by atoms with Crippen LogP contribution >= 0.6 is 0 Å². The molecule has 3 heteroatoms. The number of hydrogen-bond donors (Lipinski definition) is 1. The van der Waals surface area contributed by atoms with Gasteiger partial charge >= 0.3 is 5.97 Å². The molecule has 2 N–H and O–H groups in total. The van der Waals surface area contributed by atoms with Gasteiger partial charge in [0.2, 0.25) is 0 Å². The second kappa shape index (κ2) is 6.55. The third kappa shape index (κ3) is 2.91. The molecule has 2 unspecified atom stereocenters. The third-order valence-electron chi connectivity index (χ3n) is 3.82. The predicted octanol–water partition coefficient (Wildman–Crippen LogP) is 2.63. The topological polar surface area (TPSA) is 52.3 Å². The van der Waals surface area contributed by atoms with Gasteiger partial charge in [0.15, 0.2) is 0 Å². The average Bonchev–Trinajstić information content (AvgIpc) is 2.44. The molecule has 1 aromatic rings. The summed E-state index contributed by atoms with van der Waals surface area (Å²) in [6.45, 7) is 4.13. The molecule has 0 aliphatic heterocycles. The van der Waals surface area contributed by atoms with Gasteiger partial charge in [-0.2, -0.15) is 0 Å². The Morgan fingerprint density at radius 2 is 1.94 bits per heavy atom. The normalized spacial score (nSPS) is 15.8. The molecule has 1 aromatic carbocycles. The quantitative estimate of drug-likeness (QED) is 0.788. The number of carbonyl (C=O) groups excluding carboxylic acids is 1. The Morgan fingerprint density at radius 3 is 2.39 bits per heavy atom. The Balaban J connectivity index is 3.18. The van der Waals surface area contributed by atoms with Crippen molar-refractivity contribution in [2.24, 2.45) is 5.73 Å². The Kier molecular flexibility index (Phi) is 5.35. The molecule has 0 aromatic heterocycles. The predicted molar refractivity (Wildman–Crippen MR) is 73.3 cm³/mol. The van der Waals surface area contributed by atoms with E-state index < -0.39 is 0 Å². The third-order valence-corrected chi connectivity index (χ3v) is 3.82. The van der Waals surface area contributed by atoms with E-state index in [0.717, 1.165) is 18.4 Å². The van der Waals surface area contributed by atoms with E-state index in [1.54, 1.807) is 0 Å². The molecular weight excluding hydrogens is 226 g/mol. The van der Waals surface area contributed by atoms with Crippen LogP contribution < -0.4 is 5.73 Å². The zero-order valence-electron chi connectivity index (χ0n) is 11.5. The fourth-order valence-electron chi connectivity index (χ4n) is 2.53. The minimum atomic E-state index is -0.330. The van der Waals surface area contributed by atoms with Crippen LogP contribution in [0.1, 0.15) is 38.7 Å². The first-order valence-electron chi connectivity index (χ1n) is 6.48. The van der Waals surface area contributed by atoms with Crippen molar-refractivity contribution < 1.29 is 9.53 Å². The largest absolute Gasteiger partial charge is 0.469 e. The Morgan fingerprint density at radius 1 is 1.33 bits per heavy atom. The molecule has 100 valence electrons. The Bertz CT molecular complexity index is 377. The van der Waals surface area contributed by atoms with Crippen LogP contribution in [0.4, 0.5) is 0 Å². The molecule has 0 fully saturated rings. The molecule has 2 atom stereocenters. The molecule has 0 saturated heterocycles. The maximum absolute atomic E-state index is 11.7. The summed E-state index contributed by atoms with van der Waals surface area (Å²) >= 11 is 0. The van der Waals surface area contributed by atoms with Crippen LogP contribution in [0.5, 0.6) is 0 Å². The van der Waals surface area contributed by atoms with Gasteiger partial charge in [-0.25, -0.2) is 0 Å². The van der Waals surface area contributed by atoms with Crippen molar-refractivity contribution in [2.45, 2.75) is 44.6 Å². The van der Waals surface area contributed by atoms with Gasteiger partial charge in [-0.1, -0.05) is 44.2 Å². The van der Waals surface area contributed by atoms with Crippen molar-refractivity contribution in [1.82, 2.24) is 0 Å². The van der Waals surface area contributed by atoms with Crippen LogP contribution in [0.15, 0.2) is 30.3 Å². The highest BCUT2D eigenvalue weighted by atomic mass is 16.5. The molecule has 1 rings (SSSR count). The van der Waals surface area contributed by atoms with E-state index in [2.05, 4.69) is 13.8 Å². The second-order valence-corrected chi connectivity index (χ2v) is 4.64. The van der Waals surface area contributed by atoms with E-state index in [-0.39, 0.29) is 17.4 Å². The van der Waals surface area contributed by atoms with Gasteiger partial charge in [0.25, 0.3) is 0 Å². The highest BCUT2D eigenvalue weighted by Gasteiger charge is 2.38. The number of rotatable bonds is 6. The number of hydrogen-bond acceptors (Lipinski definition) is 3. The summed E-state index contributed by atoms with van der Waals surface area (Å²) in [7, 11) is 1.42. The van der Waals surface area contributed by atoms with Crippen molar-refractivity contribution >= 4 is 5.97 Å². The van der Waals surface area contributed by atoms with E-state index in [0.29, 0.717) is 6.42 Å². The second-order valence-electron chi connectivity index (χ2n) is 4.64. The van der Waals surface area contributed by atoms with Crippen molar-refractivity contribution in [2.75, 3.05) is 7.11 Å². The lowest BCUT2D eigenvalue weighted by molar-refractivity contribution is -0.142. The van der Waals surface area contributed by atoms with Crippen molar-refractivity contribution in [1.29, 1.82) is 0 Å². The molecule has 0 aliphatic carbocycles. The lowest BCUT2D eigenvalue weighted by Crippen LogP contribution is -2.46. The fourth-order valence-corrected chi connectivity index (χ4v) is 2.53. The van der Waals surface area contributed by atoms with Crippen LogP contribution in [0.2, 0.25) is 0 Å². The van der Waals surface area contributed by atoms with E-state index in [1.807, 2.05) is 30.3 Å². The first kappa shape index (κ1) is 14.7. The van der Waals surface area contributed by atoms with E-state index in [9.17, 15) is 4.79 Å². The summed E-state index contributed by atoms with van der Waals surface area (Å²) in [6, 6.07) is 9.98. The van der Waals surface area contributed by atoms with Gasteiger partial charge < -0.3 is 10.5 Å².